The Morgan fingerprint density at radius 3 is 1.37 bits per heavy atom. The summed E-state index contributed by atoms with van der Waals surface area (Å²) in [5.74, 6) is -3.83. The van der Waals surface area contributed by atoms with Crippen LogP contribution in [0.2, 0.25) is 0 Å². The average Bonchev–Trinajstić information content (AvgIpc) is 3.15. The van der Waals surface area contributed by atoms with Crippen molar-refractivity contribution in [3.05, 3.63) is 42.0 Å². The molecule has 2 heterocycles. The number of benzene rings is 2. The summed E-state index contributed by atoms with van der Waals surface area (Å²) >= 11 is 0. The molecule has 2 aromatic rings. The van der Waals surface area contributed by atoms with Crippen molar-refractivity contribution in [2.24, 2.45) is 28.1 Å². The van der Waals surface area contributed by atoms with E-state index < -0.39 is 83.9 Å². The number of aliphatic hydroxyl groups excluding tert-OH is 4. The maximum atomic E-state index is 12.6. The van der Waals surface area contributed by atoms with Crippen molar-refractivity contribution in [3.63, 3.8) is 0 Å². The number of ether oxygens (including phenoxy) is 6. The van der Waals surface area contributed by atoms with Gasteiger partial charge in [0.15, 0.2) is 35.2 Å². The first-order valence-corrected chi connectivity index (χ1v) is 21.2. The largest absolute Gasteiger partial charge is 0.489 e. The van der Waals surface area contributed by atoms with Crippen LogP contribution >= 0.6 is 0 Å². The van der Waals surface area contributed by atoms with Crippen LogP contribution in [0.1, 0.15) is 115 Å². The Labute approximate surface area is 382 Å². The van der Waals surface area contributed by atoms with Crippen molar-refractivity contribution in [2.75, 3.05) is 18.5 Å². The van der Waals surface area contributed by atoms with E-state index in [1.807, 2.05) is 62.3 Å². The van der Waals surface area contributed by atoms with Crippen LogP contribution in [-0.4, -0.2) is 122 Å². The molecule has 0 spiro atoms. The van der Waals surface area contributed by atoms with Gasteiger partial charge in [0.1, 0.15) is 12.2 Å². The molecular formula is C47H74N2O16. The smallest absolute Gasteiger partial charge is 0.335 e. The number of carbonyl (C=O) groups is 4. The molecule has 65 heavy (non-hydrogen) atoms. The zero-order chi connectivity index (χ0) is 48.9. The molecular weight excluding hydrogens is 849 g/mol. The summed E-state index contributed by atoms with van der Waals surface area (Å²) in [6.07, 6.45) is -11.1. The predicted molar refractivity (Wildman–Crippen MR) is 241 cm³/mol. The molecule has 8 N–H and O–H groups in total. The molecule has 0 unspecified atom stereocenters. The van der Waals surface area contributed by atoms with E-state index in [9.17, 15) is 49.8 Å². The third kappa shape index (κ3) is 16.6. The van der Waals surface area contributed by atoms with Crippen LogP contribution in [0.3, 0.4) is 0 Å². The van der Waals surface area contributed by atoms with E-state index in [4.69, 9.17) is 28.4 Å². The molecule has 2 aliphatic heterocycles. The fraction of sp³-hybridized carbons (Fsp3) is 0.660. The van der Waals surface area contributed by atoms with Gasteiger partial charge in [-0.25, -0.2) is 9.59 Å². The first kappa shape index (κ1) is 56.4. The van der Waals surface area contributed by atoms with Gasteiger partial charge in [0, 0.05) is 40.1 Å². The number of anilines is 1. The Bertz CT molecular complexity index is 1930. The highest BCUT2D eigenvalue weighted by atomic mass is 16.7. The van der Waals surface area contributed by atoms with Gasteiger partial charge in [-0.1, -0.05) is 83.6 Å². The highest BCUT2D eigenvalue weighted by molar-refractivity contribution is 5.95. The second kappa shape index (κ2) is 22.2. The standard InChI is InChI=1S/2C23H35NO8.CH4/c1-12-16(25)18(19(27)28)32-20(17(12)26)31-14-9-8-13(24-21(29)23(5,6)7)10-15(14)30-11-22(2,3)4;1-12-16(25)18(20(28)29)32-21(17(12)26)31-14-9-8-13(19(27)24-23(5,6)7)10-15(14)30-11-22(2,3)4;/h8-10,12,16-18,20,25-26H,11H2,1-7H3,(H,24,29)(H,27,28);8-10,12,16-18,21,25-26H,11H2,1-7H3,(H,24,27)(H,28,29);1H4/t12-,16-,17+,18-,20+;12-,16-,17+,18-,21+;/m00./s1. The Balaban J connectivity index is 0.000000440. The zero-order valence-electron chi connectivity index (χ0n) is 39.4. The molecule has 2 fully saturated rings. The highest BCUT2D eigenvalue weighted by Crippen LogP contribution is 2.37. The normalized spacial score (nSPS) is 25.9. The Kier molecular flexibility index (Phi) is 19.2. The van der Waals surface area contributed by atoms with E-state index in [1.165, 1.54) is 26.0 Å². The maximum Gasteiger partial charge on any atom is 0.335 e. The molecule has 0 radical (unpaired) electrons. The summed E-state index contributed by atoms with van der Waals surface area (Å²) in [5, 5.41) is 65.5. The second-order valence-corrected chi connectivity index (χ2v) is 20.9. The van der Waals surface area contributed by atoms with E-state index in [0.29, 0.717) is 30.2 Å². The molecule has 0 saturated carbocycles. The number of rotatable bonds is 12. The third-order valence-electron chi connectivity index (χ3n) is 9.77. The summed E-state index contributed by atoms with van der Waals surface area (Å²) in [7, 11) is 0. The molecule has 0 bridgehead atoms. The summed E-state index contributed by atoms with van der Waals surface area (Å²) in [4.78, 5) is 47.8. The first-order chi connectivity index (χ1) is 29.2. The second-order valence-electron chi connectivity index (χ2n) is 20.9. The number of aliphatic carboxylic acids is 2. The summed E-state index contributed by atoms with van der Waals surface area (Å²) < 4.78 is 34.1. The average molecular weight is 923 g/mol. The fourth-order valence-electron chi connectivity index (χ4n) is 5.89. The topological polar surface area (TPSA) is 269 Å². The van der Waals surface area contributed by atoms with Gasteiger partial charge in [0.25, 0.3) is 5.91 Å². The highest BCUT2D eigenvalue weighted by Gasteiger charge is 2.48. The van der Waals surface area contributed by atoms with Crippen molar-refractivity contribution in [1.82, 2.24) is 5.32 Å². The van der Waals surface area contributed by atoms with Gasteiger partial charge >= 0.3 is 11.9 Å². The molecule has 2 saturated heterocycles. The van der Waals surface area contributed by atoms with Crippen molar-refractivity contribution in [3.8, 4) is 23.0 Å². The van der Waals surface area contributed by atoms with Crippen LogP contribution in [0.15, 0.2) is 36.4 Å². The maximum absolute atomic E-state index is 12.6. The van der Waals surface area contributed by atoms with E-state index in [2.05, 4.69) is 10.6 Å². The zero-order valence-corrected chi connectivity index (χ0v) is 39.4. The molecule has 2 amide bonds. The van der Waals surface area contributed by atoms with Gasteiger partial charge in [-0.2, -0.15) is 0 Å². The van der Waals surface area contributed by atoms with Crippen LogP contribution in [-0.2, 0) is 23.9 Å². The number of carboxylic acids is 2. The molecule has 10 atom stereocenters. The van der Waals surface area contributed by atoms with Gasteiger partial charge in [-0.15, -0.1) is 0 Å². The van der Waals surface area contributed by atoms with Crippen LogP contribution in [0, 0.1) is 28.1 Å². The number of nitrogens with one attached hydrogen (secondary N) is 2. The van der Waals surface area contributed by atoms with Crippen molar-refractivity contribution >= 4 is 29.4 Å². The number of aliphatic hydroxyl groups is 4. The van der Waals surface area contributed by atoms with E-state index in [1.54, 1.807) is 45.0 Å². The monoisotopic (exact) mass is 923 g/mol. The van der Waals surface area contributed by atoms with Gasteiger partial charge in [-0.05, 0) is 61.9 Å². The quantitative estimate of drug-likeness (QED) is 0.131. The van der Waals surface area contributed by atoms with Crippen LogP contribution < -0.4 is 29.6 Å². The Hall–Kier alpha value is -4.72. The molecule has 18 nitrogen and oxygen atoms in total. The summed E-state index contributed by atoms with van der Waals surface area (Å²) in [6.45, 7) is 26.6. The molecule has 18 heteroatoms. The first-order valence-electron chi connectivity index (χ1n) is 21.2. The molecule has 4 rings (SSSR count). The van der Waals surface area contributed by atoms with E-state index in [-0.39, 0.29) is 47.3 Å². The lowest BCUT2D eigenvalue weighted by molar-refractivity contribution is -0.255. The molecule has 2 aliphatic rings. The van der Waals surface area contributed by atoms with E-state index >= 15 is 0 Å². The van der Waals surface area contributed by atoms with Crippen molar-refractivity contribution in [2.45, 2.75) is 159 Å². The van der Waals surface area contributed by atoms with Gasteiger partial charge in [0.05, 0.1) is 25.4 Å². The van der Waals surface area contributed by atoms with Gasteiger partial charge in [0.2, 0.25) is 18.5 Å². The van der Waals surface area contributed by atoms with E-state index in [0.717, 1.165) is 0 Å². The number of hydrogen-bond donors (Lipinski definition) is 8. The van der Waals surface area contributed by atoms with Crippen LogP contribution in [0.5, 0.6) is 23.0 Å². The minimum absolute atomic E-state index is 0. The number of carbonyl (C=O) groups excluding carboxylic acids is 2. The predicted octanol–water partition coefficient (Wildman–Crippen LogP) is 5.46. The van der Waals surface area contributed by atoms with Gasteiger partial charge in [-0.3, -0.25) is 9.59 Å². The fourth-order valence-corrected chi connectivity index (χ4v) is 5.89. The SMILES string of the molecule is C.C[C@@H]1[C@@H](O)[C@H](Oc2ccc(C(=O)NC(C)(C)C)cc2OCC(C)(C)C)O[C@H](C(=O)O)[C@H]1O.C[C@@H]1[C@@H](O)[C@H](Oc2ccc(NC(=O)C(C)(C)C)cc2OCC(C)(C)C)O[C@H](C(=O)O)[C@H]1O. The molecule has 0 aromatic heterocycles. The summed E-state index contributed by atoms with van der Waals surface area (Å²) in [5.41, 5.74) is -0.525. The minimum atomic E-state index is -1.55. The molecule has 2 aromatic carbocycles. The lowest BCUT2D eigenvalue weighted by Crippen LogP contribution is -2.57. The molecule has 368 valence electrons. The Morgan fingerprint density at radius 1 is 0.600 bits per heavy atom. The molecule has 0 aliphatic carbocycles. The Morgan fingerprint density at radius 2 is 1.00 bits per heavy atom. The number of amides is 2. The lowest BCUT2D eigenvalue weighted by atomic mass is 9.90. The third-order valence-corrected chi connectivity index (χ3v) is 9.77. The minimum Gasteiger partial charge on any atom is -0.489 e. The van der Waals surface area contributed by atoms with Crippen LogP contribution in [0.25, 0.3) is 0 Å². The van der Waals surface area contributed by atoms with Gasteiger partial charge < -0.3 is 69.7 Å². The lowest BCUT2D eigenvalue weighted by Gasteiger charge is -2.39. The van der Waals surface area contributed by atoms with Crippen molar-refractivity contribution < 1.29 is 78.2 Å². The van der Waals surface area contributed by atoms with Crippen molar-refractivity contribution in [1.29, 1.82) is 0 Å². The van der Waals surface area contributed by atoms with Crippen LogP contribution in [0.4, 0.5) is 5.69 Å². The summed E-state index contributed by atoms with van der Waals surface area (Å²) in [6, 6.07) is 9.36. The number of carboxylic acid groups (broad SMARTS) is 2. The number of hydrogen-bond acceptors (Lipinski definition) is 14.